The van der Waals surface area contributed by atoms with Gasteiger partial charge in [0.2, 0.25) is 0 Å². The number of hydrogen-bond acceptors (Lipinski definition) is 4. The van der Waals surface area contributed by atoms with E-state index in [0.717, 1.165) is 11.3 Å². The van der Waals surface area contributed by atoms with Crippen molar-refractivity contribution in [2.24, 2.45) is 0 Å². The number of aryl methyl sites for hydroxylation is 1. The minimum atomic E-state index is 0.558. The number of methoxy groups -OCH3 is 1. The smallest absolute Gasteiger partial charge is 0.122 e. The van der Waals surface area contributed by atoms with Gasteiger partial charge in [0.1, 0.15) is 12.4 Å². The average molecular weight is 254 g/mol. The van der Waals surface area contributed by atoms with Gasteiger partial charge in [0.25, 0.3) is 0 Å². The molecule has 0 fully saturated rings. The summed E-state index contributed by atoms with van der Waals surface area (Å²) in [5, 5.41) is 0. The summed E-state index contributed by atoms with van der Waals surface area (Å²) in [4.78, 5) is 0. The van der Waals surface area contributed by atoms with Crippen LogP contribution in [0.2, 0.25) is 0 Å². The van der Waals surface area contributed by atoms with Crippen molar-refractivity contribution in [2.75, 3.05) is 46.8 Å². The molecule has 0 amide bonds. The lowest BCUT2D eigenvalue weighted by atomic mass is 10.2. The fourth-order valence-corrected chi connectivity index (χ4v) is 1.39. The molecule has 0 aromatic heterocycles. The van der Waals surface area contributed by atoms with Crippen LogP contribution in [0.5, 0.6) is 5.75 Å². The molecule has 0 bridgehead atoms. The second-order valence-corrected chi connectivity index (χ2v) is 3.83. The molecule has 4 heteroatoms. The molecule has 0 aliphatic carbocycles. The Morgan fingerprint density at radius 2 is 1.44 bits per heavy atom. The summed E-state index contributed by atoms with van der Waals surface area (Å²) >= 11 is 0. The zero-order valence-electron chi connectivity index (χ0n) is 11.2. The Morgan fingerprint density at radius 1 is 0.833 bits per heavy atom. The summed E-state index contributed by atoms with van der Waals surface area (Å²) in [6, 6.07) is 7.95. The second kappa shape index (κ2) is 9.88. The Labute approximate surface area is 109 Å². The second-order valence-electron chi connectivity index (χ2n) is 3.83. The third-order valence-electron chi connectivity index (χ3n) is 2.38. The van der Waals surface area contributed by atoms with E-state index in [1.54, 1.807) is 7.11 Å². The zero-order valence-corrected chi connectivity index (χ0v) is 11.2. The quantitative estimate of drug-likeness (QED) is 0.599. The lowest BCUT2D eigenvalue weighted by Gasteiger charge is -2.09. The molecule has 0 N–H and O–H groups in total. The van der Waals surface area contributed by atoms with Crippen molar-refractivity contribution >= 4 is 0 Å². The highest BCUT2D eigenvalue weighted by atomic mass is 16.6. The van der Waals surface area contributed by atoms with Gasteiger partial charge in [-0.1, -0.05) is 18.2 Å². The van der Waals surface area contributed by atoms with Crippen LogP contribution in [0.3, 0.4) is 0 Å². The van der Waals surface area contributed by atoms with Crippen LogP contribution in [0.15, 0.2) is 24.3 Å². The first kappa shape index (κ1) is 15.0. The fraction of sp³-hybridized carbons (Fsp3) is 0.571. The van der Waals surface area contributed by atoms with Crippen LogP contribution >= 0.6 is 0 Å². The molecule has 0 atom stereocenters. The summed E-state index contributed by atoms with van der Waals surface area (Å²) < 4.78 is 21.1. The van der Waals surface area contributed by atoms with Gasteiger partial charge in [0.05, 0.1) is 33.0 Å². The monoisotopic (exact) mass is 254 g/mol. The Balaban J connectivity index is 1.94. The van der Waals surface area contributed by atoms with E-state index in [1.807, 2.05) is 31.2 Å². The lowest BCUT2D eigenvalue weighted by Crippen LogP contribution is -2.12. The predicted molar refractivity (Wildman–Crippen MR) is 70.2 cm³/mol. The van der Waals surface area contributed by atoms with Crippen LogP contribution < -0.4 is 4.74 Å². The lowest BCUT2D eigenvalue weighted by molar-refractivity contribution is 0.0179. The molecule has 0 aliphatic heterocycles. The Kier molecular flexibility index (Phi) is 8.21. The summed E-state index contributed by atoms with van der Waals surface area (Å²) in [5.41, 5.74) is 1.14. The summed E-state index contributed by atoms with van der Waals surface area (Å²) in [6.45, 7) is 5.56. The summed E-state index contributed by atoms with van der Waals surface area (Å²) in [6.07, 6.45) is 0. The van der Waals surface area contributed by atoms with Crippen LogP contribution in [0.4, 0.5) is 0 Å². The minimum absolute atomic E-state index is 0.558. The van der Waals surface area contributed by atoms with Crippen LogP contribution in [0.25, 0.3) is 0 Å². The van der Waals surface area contributed by atoms with E-state index in [1.165, 1.54) is 0 Å². The number of benzene rings is 1. The van der Waals surface area contributed by atoms with Crippen molar-refractivity contribution in [1.82, 2.24) is 0 Å². The zero-order chi connectivity index (χ0) is 13.1. The van der Waals surface area contributed by atoms with E-state index in [9.17, 15) is 0 Å². The fourth-order valence-electron chi connectivity index (χ4n) is 1.39. The number of ether oxygens (including phenoxy) is 4. The van der Waals surface area contributed by atoms with Crippen molar-refractivity contribution in [3.8, 4) is 5.75 Å². The Morgan fingerprint density at radius 3 is 2.11 bits per heavy atom. The highest BCUT2D eigenvalue weighted by Gasteiger charge is 1.97. The van der Waals surface area contributed by atoms with Crippen LogP contribution in [0.1, 0.15) is 5.56 Å². The highest BCUT2D eigenvalue weighted by Crippen LogP contribution is 2.15. The molecule has 0 aliphatic rings. The average Bonchev–Trinajstić information content (AvgIpc) is 2.39. The van der Waals surface area contributed by atoms with Crippen molar-refractivity contribution in [1.29, 1.82) is 0 Å². The summed E-state index contributed by atoms with van der Waals surface area (Å²) in [7, 11) is 1.66. The van der Waals surface area contributed by atoms with Crippen molar-refractivity contribution in [3.63, 3.8) is 0 Å². The van der Waals surface area contributed by atoms with Gasteiger partial charge in [-0.05, 0) is 18.6 Å². The third kappa shape index (κ3) is 6.59. The van der Waals surface area contributed by atoms with E-state index in [-0.39, 0.29) is 0 Å². The normalized spacial score (nSPS) is 10.6. The van der Waals surface area contributed by atoms with E-state index in [0.29, 0.717) is 39.6 Å². The van der Waals surface area contributed by atoms with E-state index >= 15 is 0 Å². The topological polar surface area (TPSA) is 36.9 Å². The molecule has 0 saturated carbocycles. The van der Waals surface area contributed by atoms with Gasteiger partial charge < -0.3 is 18.9 Å². The molecule has 0 spiro atoms. The first-order valence-corrected chi connectivity index (χ1v) is 6.17. The van der Waals surface area contributed by atoms with Gasteiger partial charge in [-0.15, -0.1) is 0 Å². The largest absolute Gasteiger partial charge is 0.491 e. The maximum atomic E-state index is 5.60. The molecule has 1 rings (SSSR count). The van der Waals surface area contributed by atoms with Crippen LogP contribution in [-0.2, 0) is 14.2 Å². The van der Waals surface area contributed by atoms with Crippen molar-refractivity contribution in [3.05, 3.63) is 29.8 Å². The van der Waals surface area contributed by atoms with Gasteiger partial charge in [0.15, 0.2) is 0 Å². The van der Waals surface area contributed by atoms with Crippen LogP contribution in [-0.4, -0.2) is 46.8 Å². The molecular weight excluding hydrogens is 232 g/mol. The van der Waals surface area contributed by atoms with Gasteiger partial charge in [-0.2, -0.15) is 0 Å². The number of para-hydroxylation sites is 1. The first-order chi connectivity index (χ1) is 8.84. The molecule has 1 aromatic rings. The minimum Gasteiger partial charge on any atom is -0.491 e. The maximum Gasteiger partial charge on any atom is 0.122 e. The van der Waals surface area contributed by atoms with Crippen LogP contribution in [0, 0.1) is 6.92 Å². The predicted octanol–water partition coefficient (Wildman–Crippen LogP) is 2.05. The SMILES string of the molecule is COCCOCCOCCOc1ccccc1C. The van der Waals surface area contributed by atoms with Gasteiger partial charge in [0, 0.05) is 7.11 Å². The maximum absolute atomic E-state index is 5.60. The molecule has 18 heavy (non-hydrogen) atoms. The van der Waals surface area contributed by atoms with Gasteiger partial charge in [-0.3, -0.25) is 0 Å². The standard InChI is InChI=1S/C14H22O4/c1-13-5-3-4-6-14(13)18-12-11-17-10-9-16-8-7-15-2/h3-6H,7-12H2,1-2H3. The molecule has 0 radical (unpaired) electrons. The molecule has 1 aromatic carbocycles. The number of rotatable bonds is 10. The van der Waals surface area contributed by atoms with Crippen molar-refractivity contribution in [2.45, 2.75) is 6.92 Å². The molecule has 0 saturated heterocycles. The van der Waals surface area contributed by atoms with Crippen molar-refractivity contribution < 1.29 is 18.9 Å². The molecule has 4 nitrogen and oxygen atoms in total. The van der Waals surface area contributed by atoms with Gasteiger partial charge >= 0.3 is 0 Å². The van der Waals surface area contributed by atoms with E-state index in [2.05, 4.69) is 0 Å². The number of hydrogen-bond donors (Lipinski definition) is 0. The van der Waals surface area contributed by atoms with E-state index in [4.69, 9.17) is 18.9 Å². The van der Waals surface area contributed by atoms with E-state index < -0.39 is 0 Å². The first-order valence-electron chi connectivity index (χ1n) is 6.17. The third-order valence-corrected chi connectivity index (χ3v) is 2.38. The summed E-state index contributed by atoms with van der Waals surface area (Å²) in [5.74, 6) is 0.914. The Bertz CT molecular complexity index is 314. The molecular formula is C14H22O4. The molecule has 0 heterocycles. The van der Waals surface area contributed by atoms with Gasteiger partial charge in [-0.25, -0.2) is 0 Å². The molecule has 0 unspecified atom stereocenters. The Hall–Kier alpha value is -1.10. The highest BCUT2D eigenvalue weighted by molar-refractivity contribution is 5.31. The molecule has 102 valence electrons.